The van der Waals surface area contributed by atoms with Crippen molar-refractivity contribution in [2.24, 2.45) is 4.99 Å². The third kappa shape index (κ3) is 3.14. The number of likely N-dealkylation sites (N-methyl/N-ethyl adjacent to an activating group) is 2. The van der Waals surface area contributed by atoms with E-state index in [0.29, 0.717) is 19.8 Å². The lowest BCUT2D eigenvalue weighted by Gasteiger charge is -2.41. The minimum absolute atomic E-state index is 0.192. The van der Waals surface area contributed by atoms with Gasteiger partial charge in [-0.1, -0.05) is 30.3 Å². The second-order valence-corrected chi connectivity index (χ2v) is 7.11. The minimum Gasteiger partial charge on any atom is -0.378 e. The van der Waals surface area contributed by atoms with Gasteiger partial charge in [0.05, 0.1) is 13.2 Å². The van der Waals surface area contributed by atoms with E-state index in [2.05, 4.69) is 21.9 Å². The van der Waals surface area contributed by atoms with Gasteiger partial charge < -0.3 is 19.4 Å². The Balaban J connectivity index is 1.62. The molecule has 1 aromatic rings. The van der Waals surface area contributed by atoms with Crippen molar-refractivity contribution in [1.82, 2.24) is 19.6 Å². The molecule has 4 rings (SSSR count). The molecule has 27 heavy (non-hydrogen) atoms. The number of hydrogen-bond donors (Lipinski definition) is 0. The fourth-order valence-corrected chi connectivity index (χ4v) is 3.91. The van der Waals surface area contributed by atoms with E-state index in [4.69, 9.17) is 9.73 Å². The molecule has 0 spiro atoms. The number of nitrogens with zero attached hydrogens (tertiary/aromatic N) is 5. The molecule has 0 unspecified atom stereocenters. The maximum Gasteiger partial charge on any atom is 0.328 e. The number of amides is 3. The topological polar surface area (TPSA) is 68.7 Å². The highest BCUT2D eigenvalue weighted by Gasteiger charge is 2.51. The second-order valence-electron chi connectivity index (χ2n) is 7.11. The van der Waals surface area contributed by atoms with Crippen LogP contribution in [0.25, 0.3) is 0 Å². The predicted molar refractivity (Wildman–Crippen MR) is 100 cm³/mol. The first-order valence-corrected chi connectivity index (χ1v) is 9.33. The van der Waals surface area contributed by atoms with Crippen molar-refractivity contribution in [1.29, 1.82) is 0 Å². The first-order valence-electron chi connectivity index (χ1n) is 9.33. The third-order valence-corrected chi connectivity index (χ3v) is 5.47. The molecule has 2 saturated heterocycles. The van der Waals surface area contributed by atoms with Gasteiger partial charge in [-0.15, -0.1) is 0 Å². The summed E-state index contributed by atoms with van der Waals surface area (Å²) < 4.78 is 5.46. The zero-order valence-electron chi connectivity index (χ0n) is 15.7. The van der Waals surface area contributed by atoms with E-state index in [1.807, 2.05) is 18.2 Å². The molecule has 2 atom stereocenters. The monoisotopic (exact) mass is 371 g/mol. The van der Waals surface area contributed by atoms with Crippen molar-refractivity contribution in [2.45, 2.75) is 18.6 Å². The molecule has 3 aliphatic rings. The average Bonchev–Trinajstić information content (AvgIpc) is 3.10. The van der Waals surface area contributed by atoms with Gasteiger partial charge in [0, 0.05) is 33.7 Å². The number of ether oxygens (including phenoxy) is 1. The van der Waals surface area contributed by atoms with E-state index >= 15 is 0 Å². The summed E-state index contributed by atoms with van der Waals surface area (Å²) >= 11 is 0. The van der Waals surface area contributed by atoms with Crippen molar-refractivity contribution in [3.63, 3.8) is 0 Å². The Morgan fingerprint density at radius 3 is 2.52 bits per heavy atom. The van der Waals surface area contributed by atoms with Crippen molar-refractivity contribution >= 4 is 17.9 Å². The third-order valence-electron chi connectivity index (χ3n) is 5.47. The number of aliphatic imine (C=N–C) groups is 1. The summed E-state index contributed by atoms with van der Waals surface area (Å²) in [4.78, 5) is 37.1. The van der Waals surface area contributed by atoms with E-state index < -0.39 is 12.2 Å². The number of hydrogen-bond acceptors (Lipinski definition) is 6. The van der Waals surface area contributed by atoms with Gasteiger partial charge in [0.25, 0.3) is 5.91 Å². The number of urea groups is 1. The molecule has 1 aromatic carbocycles. The highest BCUT2D eigenvalue weighted by Crippen LogP contribution is 2.28. The Bertz CT molecular complexity index is 747. The van der Waals surface area contributed by atoms with Crippen LogP contribution >= 0.6 is 0 Å². The molecule has 3 heterocycles. The van der Waals surface area contributed by atoms with Crippen LogP contribution in [-0.2, 0) is 16.0 Å². The summed E-state index contributed by atoms with van der Waals surface area (Å²) in [6.45, 7) is 3.43. The number of fused-ring (bicyclic) bond motifs is 1. The Labute approximate surface area is 159 Å². The molecule has 0 aromatic heterocycles. The first kappa shape index (κ1) is 17.8. The van der Waals surface area contributed by atoms with Gasteiger partial charge in [0.15, 0.2) is 18.2 Å². The van der Waals surface area contributed by atoms with Crippen molar-refractivity contribution in [3.8, 4) is 0 Å². The number of benzene rings is 1. The van der Waals surface area contributed by atoms with Gasteiger partial charge in [-0.2, -0.15) is 0 Å². The van der Waals surface area contributed by atoms with Crippen LogP contribution in [0.5, 0.6) is 0 Å². The SMILES string of the molecule is CN1C(=O)[C@@H]2[C@H](N=C(N3CCOCC3)N2CCc2ccccc2)N(C)C1=O. The summed E-state index contributed by atoms with van der Waals surface area (Å²) in [6, 6.07) is 9.43. The van der Waals surface area contributed by atoms with E-state index in [1.54, 1.807) is 19.0 Å². The molecule has 0 radical (unpaired) electrons. The summed E-state index contributed by atoms with van der Waals surface area (Å²) in [6.07, 6.45) is 0.331. The van der Waals surface area contributed by atoms with Crippen molar-refractivity contribution in [3.05, 3.63) is 35.9 Å². The number of carbonyl (C=O) groups excluding carboxylic acids is 2. The van der Waals surface area contributed by atoms with Gasteiger partial charge in [0.2, 0.25) is 0 Å². The molecule has 3 aliphatic heterocycles. The predicted octanol–water partition coefficient (Wildman–Crippen LogP) is 0.451. The van der Waals surface area contributed by atoms with E-state index in [0.717, 1.165) is 25.5 Å². The van der Waals surface area contributed by atoms with Crippen LogP contribution in [0.15, 0.2) is 35.3 Å². The van der Waals surface area contributed by atoms with Crippen LogP contribution in [0.1, 0.15) is 5.56 Å². The van der Waals surface area contributed by atoms with Gasteiger partial charge in [0.1, 0.15) is 0 Å². The lowest BCUT2D eigenvalue weighted by molar-refractivity contribution is -0.136. The Hall–Kier alpha value is -2.61. The van der Waals surface area contributed by atoms with Gasteiger partial charge in [-0.3, -0.25) is 9.69 Å². The number of rotatable bonds is 3. The summed E-state index contributed by atoms with van der Waals surface area (Å²) in [5.74, 6) is 0.607. The normalized spacial score (nSPS) is 25.8. The Kier molecular flexibility index (Phi) is 4.73. The maximum atomic E-state index is 12.9. The fourth-order valence-electron chi connectivity index (χ4n) is 3.91. The van der Waals surface area contributed by atoms with Gasteiger partial charge >= 0.3 is 6.03 Å². The molecule has 8 nitrogen and oxygen atoms in total. The van der Waals surface area contributed by atoms with E-state index in [1.165, 1.54) is 10.5 Å². The molecule has 8 heteroatoms. The van der Waals surface area contributed by atoms with Crippen molar-refractivity contribution < 1.29 is 14.3 Å². The molecular formula is C19H25N5O3. The first-order chi connectivity index (χ1) is 13.1. The lowest BCUT2D eigenvalue weighted by atomic mass is 10.1. The minimum atomic E-state index is -0.477. The van der Waals surface area contributed by atoms with Crippen molar-refractivity contribution in [2.75, 3.05) is 46.9 Å². The number of carbonyl (C=O) groups is 2. The van der Waals surface area contributed by atoms with Crippen LogP contribution < -0.4 is 0 Å². The highest BCUT2D eigenvalue weighted by atomic mass is 16.5. The maximum absolute atomic E-state index is 12.9. The molecule has 0 saturated carbocycles. The lowest BCUT2D eigenvalue weighted by Crippen LogP contribution is -2.64. The summed E-state index contributed by atoms with van der Waals surface area (Å²) in [5.41, 5.74) is 1.21. The quantitative estimate of drug-likeness (QED) is 0.772. The van der Waals surface area contributed by atoms with E-state index in [-0.39, 0.29) is 11.9 Å². The van der Waals surface area contributed by atoms with Crippen LogP contribution in [0.4, 0.5) is 4.79 Å². The standard InChI is InChI=1S/C19H25N5O3/c1-21-16-15(17(25)22(2)19(21)26)24(9-8-14-6-4-3-5-7-14)18(20-16)23-10-12-27-13-11-23/h3-7,15-16H,8-13H2,1-2H3/t15-,16+/m0/s1. The number of morpholine rings is 1. The van der Waals surface area contributed by atoms with Crippen LogP contribution in [0.3, 0.4) is 0 Å². The fraction of sp³-hybridized carbons (Fsp3) is 0.526. The second kappa shape index (κ2) is 7.19. The van der Waals surface area contributed by atoms with Gasteiger partial charge in [-0.05, 0) is 12.0 Å². The number of imide groups is 1. The van der Waals surface area contributed by atoms with Gasteiger partial charge in [-0.25, -0.2) is 9.79 Å². The van der Waals surface area contributed by atoms with E-state index in [9.17, 15) is 9.59 Å². The zero-order valence-corrected chi connectivity index (χ0v) is 15.7. The number of guanidine groups is 1. The zero-order chi connectivity index (χ0) is 19.0. The largest absolute Gasteiger partial charge is 0.378 e. The molecule has 0 N–H and O–H groups in total. The Morgan fingerprint density at radius 2 is 1.81 bits per heavy atom. The van der Waals surface area contributed by atoms with Crippen LogP contribution in [0, 0.1) is 0 Å². The molecule has 144 valence electrons. The molecular weight excluding hydrogens is 346 g/mol. The summed E-state index contributed by atoms with van der Waals surface area (Å²) in [7, 11) is 3.25. The molecule has 0 bridgehead atoms. The Morgan fingerprint density at radius 1 is 1.11 bits per heavy atom. The highest BCUT2D eigenvalue weighted by molar-refractivity contribution is 6.03. The smallest absolute Gasteiger partial charge is 0.328 e. The molecule has 3 amide bonds. The molecule has 2 fully saturated rings. The van der Waals surface area contributed by atoms with Crippen LogP contribution in [-0.4, -0.2) is 96.6 Å². The van der Waals surface area contributed by atoms with Crippen LogP contribution in [0.2, 0.25) is 0 Å². The molecule has 0 aliphatic carbocycles. The summed E-state index contributed by atoms with van der Waals surface area (Å²) in [5, 5.41) is 0. The average molecular weight is 371 g/mol.